The van der Waals surface area contributed by atoms with Crippen molar-refractivity contribution >= 4 is 11.8 Å². The normalized spacial score (nSPS) is 30.5. The molecule has 2 unspecified atom stereocenters. The van der Waals surface area contributed by atoms with Crippen LogP contribution in [0.1, 0.15) is 19.8 Å². The largest absolute Gasteiger partial charge is 0.383 e. The average molecular weight is 189 g/mol. The summed E-state index contributed by atoms with van der Waals surface area (Å²) in [5.74, 6) is 1.34. The van der Waals surface area contributed by atoms with Gasteiger partial charge in [-0.3, -0.25) is 0 Å². The quantitative estimate of drug-likeness (QED) is 0.677. The Balaban J connectivity index is 2.11. The van der Waals surface area contributed by atoms with Crippen molar-refractivity contribution in [2.45, 2.75) is 31.1 Å². The topological polar surface area (TPSA) is 21.3 Å². The highest BCUT2D eigenvalue weighted by Crippen LogP contribution is 2.24. The van der Waals surface area contributed by atoms with E-state index in [2.05, 4.69) is 24.0 Å². The van der Waals surface area contributed by atoms with Gasteiger partial charge in [-0.25, -0.2) is 0 Å². The maximum absolute atomic E-state index is 5.00. The molecule has 0 aliphatic carbocycles. The van der Waals surface area contributed by atoms with Gasteiger partial charge in [-0.1, -0.05) is 6.92 Å². The van der Waals surface area contributed by atoms with Gasteiger partial charge in [-0.2, -0.15) is 11.8 Å². The van der Waals surface area contributed by atoms with Gasteiger partial charge in [0.1, 0.15) is 0 Å². The minimum atomic E-state index is 0.707. The van der Waals surface area contributed by atoms with Gasteiger partial charge < -0.3 is 10.1 Å². The average Bonchev–Trinajstić information content (AvgIpc) is 2.09. The molecule has 1 aliphatic heterocycles. The molecule has 0 radical (unpaired) electrons. The highest BCUT2D eigenvalue weighted by molar-refractivity contribution is 7.99. The fourth-order valence-corrected chi connectivity index (χ4v) is 2.71. The van der Waals surface area contributed by atoms with Crippen molar-refractivity contribution in [2.75, 3.05) is 26.0 Å². The van der Waals surface area contributed by atoms with Crippen LogP contribution in [0, 0.1) is 0 Å². The van der Waals surface area contributed by atoms with Gasteiger partial charge in [0.25, 0.3) is 0 Å². The zero-order chi connectivity index (χ0) is 8.81. The number of hydrogen-bond acceptors (Lipinski definition) is 3. The molecule has 0 aromatic heterocycles. The van der Waals surface area contributed by atoms with Crippen LogP contribution in [0.2, 0.25) is 0 Å². The molecule has 0 aromatic rings. The second-order valence-electron chi connectivity index (χ2n) is 3.27. The summed E-state index contributed by atoms with van der Waals surface area (Å²) < 4.78 is 5.00. The number of rotatable bonds is 4. The summed E-state index contributed by atoms with van der Waals surface area (Å²) >= 11 is 2.08. The molecule has 0 saturated carbocycles. The standard InChI is InChI=1S/C9H19NOS/c1-8-9(4-3-7-12-8)10-5-6-11-2/h8-10H,3-7H2,1-2H3. The zero-order valence-electron chi connectivity index (χ0n) is 8.01. The molecule has 1 fully saturated rings. The van der Waals surface area contributed by atoms with E-state index in [-0.39, 0.29) is 0 Å². The monoisotopic (exact) mass is 189 g/mol. The van der Waals surface area contributed by atoms with Crippen molar-refractivity contribution in [1.82, 2.24) is 5.32 Å². The van der Waals surface area contributed by atoms with E-state index in [0.717, 1.165) is 18.4 Å². The Morgan fingerprint density at radius 2 is 2.42 bits per heavy atom. The van der Waals surface area contributed by atoms with Crippen LogP contribution < -0.4 is 5.32 Å². The van der Waals surface area contributed by atoms with E-state index in [9.17, 15) is 0 Å². The Morgan fingerprint density at radius 3 is 3.08 bits per heavy atom. The molecule has 2 atom stereocenters. The minimum Gasteiger partial charge on any atom is -0.383 e. The van der Waals surface area contributed by atoms with Crippen LogP contribution in [0.3, 0.4) is 0 Å². The lowest BCUT2D eigenvalue weighted by Crippen LogP contribution is -2.40. The zero-order valence-corrected chi connectivity index (χ0v) is 8.82. The third-order valence-electron chi connectivity index (χ3n) is 2.32. The molecule has 1 N–H and O–H groups in total. The summed E-state index contributed by atoms with van der Waals surface area (Å²) in [6.45, 7) is 4.13. The van der Waals surface area contributed by atoms with Crippen LogP contribution in [0.4, 0.5) is 0 Å². The van der Waals surface area contributed by atoms with Crippen molar-refractivity contribution in [3.05, 3.63) is 0 Å². The molecule has 12 heavy (non-hydrogen) atoms. The van der Waals surface area contributed by atoms with Crippen LogP contribution in [0.5, 0.6) is 0 Å². The molecule has 1 rings (SSSR count). The predicted octanol–water partition coefficient (Wildman–Crippen LogP) is 1.51. The lowest BCUT2D eigenvalue weighted by atomic mass is 10.1. The van der Waals surface area contributed by atoms with Crippen LogP contribution in [0.25, 0.3) is 0 Å². The maximum Gasteiger partial charge on any atom is 0.0587 e. The number of hydrogen-bond donors (Lipinski definition) is 1. The lowest BCUT2D eigenvalue weighted by Gasteiger charge is -2.29. The molecule has 2 nitrogen and oxygen atoms in total. The third kappa shape index (κ3) is 3.33. The SMILES string of the molecule is COCCNC1CCCSC1C. The van der Waals surface area contributed by atoms with Gasteiger partial charge in [0, 0.05) is 24.9 Å². The highest BCUT2D eigenvalue weighted by Gasteiger charge is 2.20. The fraction of sp³-hybridized carbons (Fsp3) is 1.00. The summed E-state index contributed by atoms with van der Waals surface area (Å²) in [5, 5.41) is 4.30. The summed E-state index contributed by atoms with van der Waals surface area (Å²) in [6.07, 6.45) is 2.69. The van der Waals surface area contributed by atoms with Gasteiger partial charge in [0.2, 0.25) is 0 Å². The second-order valence-corrected chi connectivity index (χ2v) is 4.76. The van der Waals surface area contributed by atoms with Crippen LogP contribution >= 0.6 is 11.8 Å². The van der Waals surface area contributed by atoms with Gasteiger partial charge in [-0.05, 0) is 18.6 Å². The van der Waals surface area contributed by atoms with Crippen LogP contribution in [-0.4, -0.2) is 37.3 Å². The van der Waals surface area contributed by atoms with Crippen molar-refractivity contribution in [2.24, 2.45) is 0 Å². The maximum atomic E-state index is 5.00. The van der Waals surface area contributed by atoms with E-state index in [0.29, 0.717) is 6.04 Å². The summed E-state index contributed by atoms with van der Waals surface area (Å²) in [5.41, 5.74) is 0. The molecule has 72 valence electrons. The number of methoxy groups -OCH3 is 1. The van der Waals surface area contributed by atoms with E-state index in [1.165, 1.54) is 18.6 Å². The van der Waals surface area contributed by atoms with Gasteiger partial charge in [0.05, 0.1) is 6.61 Å². The van der Waals surface area contributed by atoms with Gasteiger partial charge >= 0.3 is 0 Å². The summed E-state index contributed by atoms with van der Waals surface area (Å²) in [6, 6.07) is 0.707. The van der Waals surface area contributed by atoms with Crippen LogP contribution in [0.15, 0.2) is 0 Å². The molecule has 3 heteroatoms. The van der Waals surface area contributed by atoms with E-state index < -0.39 is 0 Å². The highest BCUT2D eigenvalue weighted by atomic mass is 32.2. The lowest BCUT2D eigenvalue weighted by molar-refractivity contribution is 0.194. The number of thioether (sulfide) groups is 1. The third-order valence-corrected chi connectivity index (χ3v) is 3.70. The Kier molecular flexibility index (Phi) is 5.04. The number of nitrogens with one attached hydrogen (secondary N) is 1. The molecular formula is C9H19NOS. The molecule has 0 spiro atoms. The first-order valence-corrected chi connectivity index (χ1v) is 5.73. The minimum absolute atomic E-state index is 0.707. The van der Waals surface area contributed by atoms with E-state index >= 15 is 0 Å². The second kappa shape index (κ2) is 5.84. The molecule has 0 amide bonds. The number of ether oxygens (including phenoxy) is 1. The van der Waals surface area contributed by atoms with Gasteiger partial charge in [0.15, 0.2) is 0 Å². The fourth-order valence-electron chi connectivity index (χ4n) is 1.54. The Hall–Kier alpha value is 0.270. The van der Waals surface area contributed by atoms with E-state index in [4.69, 9.17) is 4.74 Å². The first-order chi connectivity index (χ1) is 5.84. The Labute approximate surface area is 79.4 Å². The smallest absolute Gasteiger partial charge is 0.0587 e. The van der Waals surface area contributed by atoms with E-state index in [1.807, 2.05) is 0 Å². The van der Waals surface area contributed by atoms with Crippen molar-refractivity contribution in [3.8, 4) is 0 Å². The molecule has 1 heterocycles. The molecule has 0 aromatic carbocycles. The Morgan fingerprint density at radius 1 is 1.58 bits per heavy atom. The van der Waals surface area contributed by atoms with Crippen molar-refractivity contribution in [1.29, 1.82) is 0 Å². The van der Waals surface area contributed by atoms with E-state index in [1.54, 1.807) is 7.11 Å². The van der Waals surface area contributed by atoms with Crippen molar-refractivity contribution < 1.29 is 4.74 Å². The van der Waals surface area contributed by atoms with Crippen LogP contribution in [-0.2, 0) is 4.74 Å². The van der Waals surface area contributed by atoms with Crippen molar-refractivity contribution in [3.63, 3.8) is 0 Å². The predicted molar refractivity (Wildman–Crippen MR) is 54.8 cm³/mol. The Bertz CT molecular complexity index is 121. The molecule has 1 aliphatic rings. The first-order valence-electron chi connectivity index (χ1n) is 4.68. The molecule has 1 saturated heterocycles. The summed E-state index contributed by atoms with van der Waals surface area (Å²) in [7, 11) is 1.75. The molecule has 0 bridgehead atoms. The molecular weight excluding hydrogens is 170 g/mol. The first kappa shape index (κ1) is 10.4. The van der Waals surface area contributed by atoms with Gasteiger partial charge in [-0.15, -0.1) is 0 Å². The summed E-state index contributed by atoms with van der Waals surface area (Å²) in [4.78, 5) is 0.